The number of rotatable bonds is 7. The lowest BCUT2D eigenvalue weighted by atomic mass is 9.86. The summed E-state index contributed by atoms with van der Waals surface area (Å²) in [7, 11) is 0. The first-order valence-corrected chi connectivity index (χ1v) is 12.7. The van der Waals surface area contributed by atoms with Crippen molar-refractivity contribution in [1.82, 2.24) is 14.8 Å². The molecule has 2 aromatic carbocycles. The number of carbonyl (C=O) groups excluding carboxylic acids is 1. The number of aromatic nitrogens is 1. The topological polar surface area (TPSA) is 74.6 Å². The lowest BCUT2D eigenvalue weighted by Gasteiger charge is -2.38. The Hall–Kier alpha value is -3.48. The first-order chi connectivity index (χ1) is 17.5. The van der Waals surface area contributed by atoms with Crippen LogP contribution < -0.4 is 10.9 Å². The molecule has 2 aliphatic heterocycles. The summed E-state index contributed by atoms with van der Waals surface area (Å²) < 4.78 is 1.82. The highest BCUT2D eigenvalue weighted by Crippen LogP contribution is 2.49. The zero-order valence-electron chi connectivity index (χ0n) is 20.7. The molecule has 0 saturated carbocycles. The molecule has 1 amide bonds. The molecule has 3 aromatic rings. The molecule has 1 fully saturated rings. The lowest BCUT2D eigenvalue weighted by Crippen LogP contribution is -2.46. The first-order valence-electron chi connectivity index (χ1n) is 12.7. The second-order valence-electron chi connectivity index (χ2n) is 9.81. The first kappa shape index (κ1) is 24.2. The molecule has 1 saturated heterocycles. The number of allylic oxidation sites excluding steroid dienone is 1. The van der Waals surface area contributed by atoms with E-state index >= 15 is 0 Å². The SMILES string of the molecule is C/C=C/c1ccc2n(c1=O)C[C@@H]1[C@@H](CO)[C@H](C(=O)N[C@@H](C)c3ccccc3)[C@H]2N1Cc1ccccc1. The number of aliphatic hydroxyl groups excluding tert-OH is 1. The maximum atomic E-state index is 13.9. The van der Waals surface area contributed by atoms with E-state index in [1.807, 2.05) is 91.2 Å². The Labute approximate surface area is 211 Å². The van der Waals surface area contributed by atoms with Crippen molar-refractivity contribution in [2.75, 3.05) is 6.61 Å². The molecule has 0 radical (unpaired) electrons. The minimum absolute atomic E-state index is 0.0460. The van der Waals surface area contributed by atoms with Gasteiger partial charge in [0.15, 0.2) is 0 Å². The number of nitrogens with one attached hydrogen (secondary N) is 1. The summed E-state index contributed by atoms with van der Waals surface area (Å²) in [5, 5.41) is 13.8. The van der Waals surface area contributed by atoms with Gasteiger partial charge in [-0.05, 0) is 37.1 Å². The Morgan fingerprint density at radius 3 is 2.44 bits per heavy atom. The summed E-state index contributed by atoms with van der Waals surface area (Å²) in [6, 6.07) is 23.3. The fourth-order valence-corrected chi connectivity index (χ4v) is 5.99. The molecule has 186 valence electrons. The quantitative estimate of drug-likeness (QED) is 0.534. The van der Waals surface area contributed by atoms with Crippen molar-refractivity contribution < 1.29 is 9.90 Å². The Bertz CT molecular complexity index is 1300. The fourth-order valence-electron chi connectivity index (χ4n) is 5.99. The van der Waals surface area contributed by atoms with Crippen LogP contribution in [0.5, 0.6) is 0 Å². The number of benzene rings is 2. The van der Waals surface area contributed by atoms with E-state index in [-0.39, 0.29) is 42.1 Å². The lowest BCUT2D eigenvalue weighted by molar-refractivity contribution is -0.128. The van der Waals surface area contributed by atoms with Gasteiger partial charge in [0, 0.05) is 42.9 Å². The van der Waals surface area contributed by atoms with Crippen LogP contribution in [0.25, 0.3) is 6.08 Å². The largest absolute Gasteiger partial charge is 0.396 e. The van der Waals surface area contributed by atoms with Gasteiger partial charge in [-0.1, -0.05) is 72.8 Å². The van der Waals surface area contributed by atoms with Gasteiger partial charge in [-0.15, -0.1) is 0 Å². The van der Waals surface area contributed by atoms with E-state index in [0.29, 0.717) is 18.7 Å². The number of nitrogens with zero attached hydrogens (tertiary/aromatic N) is 2. The number of hydrogen-bond acceptors (Lipinski definition) is 4. The zero-order valence-corrected chi connectivity index (χ0v) is 20.7. The number of fused-ring (bicyclic) bond motifs is 4. The molecular formula is C30H33N3O3. The normalized spacial score (nSPS) is 24.0. The van der Waals surface area contributed by atoms with E-state index in [0.717, 1.165) is 16.8 Å². The molecule has 5 atom stereocenters. The van der Waals surface area contributed by atoms with Crippen LogP contribution >= 0.6 is 0 Å². The molecule has 5 rings (SSSR count). The monoisotopic (exact) mass is 483 g/mol. The minimum Gasteiger partial charge on any atom is -0.396 e. The predicted molar refractivity (Wildman–Crippen MR) is 141 cm³/mol. The van der Waals surface area contributed by atoms with E-state index < -0.39 is 5.92 Å². The van der Waals surface area contributed by atoms with Gasteiger partial charge < -0.3 is 15.0 Å². The summed E-state index contributed by atoms with van der Waals surface area (Å²) in [5.74, 6) is -0.851. The number of pyridine rings is 1. The third kappa shape index (κ3) is 4.31. The molecule has 6 nitrogen and oxygen atoms in total. The Balaban J connectivity index is 1.55. The highest BCUT2D eigenvalue weighted by Gasteiger charge is 2.55. The van der Waals surface area contributed by atoms with Crippen LogP contribution in [0, 0.1) is 11.8 Å². The molecule has 0 spiro atoms. The van der Waals surface area contributed by atoms with Gasteiger partial charge in [-0.25, -0.2) is 0 Å². The van der Waals surface area contributed by atoms with Crippen molar-refractivity contribution in [3.05, 3.63) is 112 Å². The molecule has 2 N–H and O–H groups in total. The predicted octanol–water partition coefficient (Wildman–Crippen LogP) is 3.92. The minimum atomic E-state index is -0.476. The van der Waals surface area contributed by atoms with E-state index in [1.165, 1.54) is 0 Å². The molecule has 6 heteroatoms. The summed E-state index contributed by atoms with van der Waals surface area (Å²) in [6.07, 6.45) is 3.68. The highest BCUT2D eigenvalue weighted by molar-refractivity contribution is 5.81. The van der Waals surface area contributed by atoms with Crippen LogP contribution in [-0.2, 0) is 17.9 Å². The van der Waals surface area contributed by atoms with Gasteiger partial charge in [0.25, 0.3) is 5.56 Å². The van der Waals surface area contributed by atoms with Gasteiger partial charge in [0.1, 0.15) is 0 Å². The van der Waals surface area contributed by atoms with Crippen LogP contribution in [0.4, 0.5) is 0 Å². The molecule has 0 unspecified atom stereocenters. The molecule has 3 heterocycles. The van der Waals surface area contributed by atoms with Gasteiger partial charge in [-0.3, -0.25) is 14.5 Å². The second kappa shape index (κ2) is 10.2. The summed E-state index contributed by atoms with van der Waals surface area (Å²) in [5.41, 5.74) is 3.60. The van der Waals surface area contributed by atoms with Crippen LogP contribution in [0.3, 0.4) is 0 Å². The van der Waals surface area contributed by atoms with Gasteiger partial charge >= 0.3 is 0 Å². The third-order valence-corrected chi connectivity index (χ3v) is 7.72. The maximum absolute atomic E-state index is 13.9. The van der Waals surface area contributed by atoms with Crippen molar-refractivity contribution in [3.63, 3.8) is 0 Å². The van der Waals surface area contributed by atoms with Gasteiger partial charge in [-0.2, -0.15) is 0 Å². The Kier molecular flexibility index (Phi) is 6.90. The standard InChI is InChI=1S/C30H33N3O3/c1-3-10-23-15-16-25-28-27(29(35)31-20(2)22-13-8-5-9-14-22)24(19-34)26(18-33(25)30(23)36)32(28)17-21-11-6-4-7-12-21/h3-16,20,24,26-28,34H,17-19H2,1-2H3,(H,31,35)/b10-3+/t20-,24+,26+,27-,28-/m0/s1. The van der Waals surface area contributed by atoms with E-state index in [4.69, 9.17) is 0 Å². The summed E-state index contributed by atoms with van der Waals surface area (Å²) in [6.45, 7) is 4.85. The van der Waals surface area contributed by atoms with Gasteiger partial charge in [0.2, 0.25) is 5.91 Å². The average molecular weight is 484 g/mol. The van der Waals surface area contributed by atoms with Gasteiger partial charge in [0.05, 0.1) is 18.0 Å². The molecular weight excluding hydrogens is 450 g/mol. The summed E-state index contributed by atoms with van der Waals surface area (Å²) >= 11 is 0. The zero-order chi connectivity index (χ0) is 25.2. The van der Waals surface area contributed by atoms with Crippen LogP contribution in [0.2, 0.25) is 0 Å². The van der Waals surface area contributed by atoms with Crippen LogP contribution in [0.15, 0.2) is 83.7 Å². The second-order valence-corrected chi connectivity index (χ2v) is 9.81. The number of aliphatic hydroxyl groups is 1. The van der Waals surface area contributed by atoms with Crippen molar-refractivity contribution in [1.29, 1.82) is 0 Å². The molecule has 1 aromatic heterocycles. The molecule has 2 aliphatic rings. The number of amides is 1. The van der Waals surface area contributed by atoms with Crippen LogP contribution in [0.1, 0.15) is 48.3 Å². The number of carbonyl (C=O) groups is 1. The highest BCUT2D eigenvalue weighted by atomic mass is 16.3. The Morgan fingerprint density at radius 2 is 1.78 bits per heavy atom. The van der Waals surface area contributed by atoms with Crippen LogP contribution in [-0.4, -0.2) is 33.1 Å². The smallest absolute Gasteiger partial charge is 0.258 e. The van der Waals surface area contributed by atoms with Crippen molar-refractivity contribution in [2.45, 2.75) is 45.1 Å². The fraction of sp³-hybridized carbons (Fsp3) is 0.333. The van der Waals surface area contributed by atoms with Crippen molar-refractivity contribution in [2.24, 2.45) is 11.8 Å². The van der Waals surface area contributed by atoms with E-state index in [1.54, 1.807) is 0 Å². The van der Waals surface area contributed by atoms with Crippen molar-refractivity contribution >= 4 is 12.0 Å². The van der Waals surface area contributed by atoms with Crippen molar-refractivity contribution in [3.8, 4) is 0 Å². The average Bonchev–Trinajstić information content (AvgIpc) is 3.10. The van der Waals surface area contributed by atoms with E-state index in [9.17, 15) is 14.7 Å². The number of hydrogen-bond donors (Lipinski definition) is 2. The molecule has 36 heavy (non-hydrogen) atoms. The maximum Gasteiger partial charge on any atom is 0.258 e. The summed E-state index contributed by atoms with van der Waals surface area (Å²) in [4.78, 5) is 29.5. The third-order valence-electron chi connectivity index (χ3n) is 7.72. The Morgan fingerprint density at radius 1 is 1.08 bits per heavy atom. The van der Waals surface area contributed by atoms with E-state index in [2.05, 4.69) is 22.3 Å². The molecule has 2 bridgehead atoms. The molecule has 0 aliphatic carbocycles.